The van der Waals surface area contributed by atoms with Gasteiger partial charge < -0.3 is 20.1 Å². The minimum absolute atomic E-state index is 0.0647. The van der Waals surface area contributed by atoms with Crippen molar-refractivity contribution in [3.8, 4) is 5.75 Å². The molecule has 0 amide bonds. The van der Waals surface area contributed by atoms with Crippen molar-refractivity contribution in [3.63, 3.8) is 0 Å². The molecule has 27 heavy (non-hydrogen) atoms. The standard InChI is InChI=1S/C22H29N3O2/c1-3-23-22(24-12-11-18-8-6-9-19(26)15-18)25-13-14-27-21(16-25)20-10-5-4-7-17(20)2/h4-10,15,21,26H,3,11-14,16H2,1-2H3,(H,23,24). The zero-order valence-corrected chi connectivity index (χ0v) is 16.2. The molecule has 0 spiro atoms. The van der Waals surface area contributed by atoms with Crippen LogP contribution in [0.3, 0.4) is 0 Å². The highest BCUT2D eigenvalue weighted by molar-refractivity contribution is 5.80. The molecular weight excluding hydrogens is 338 g/mol. The Morgan fingerprint density at radius 3 is 2.89 bits per heavy atom. The summed E-state index contributed by atoms with van der Waals surface area (Å²) in [4.78, 5) is 7.09. The molecule has 1 fully saturated rings. The quantitative estimate of drug-likeness (QED) is 0.629. The van der Waals surface area contributed by atoms with Crippen LogP contribution in [0.2, 0.25) is 0 Å². The van der Waals surface area contributed by atoms with Crippen molar-refractivity contribution in [2.24, 2.45) is 4.99 Å². The van der Waals surface area contributed by atoms with Gasteiger partial charge in [0, 0.05) is 19.6 Å². The average Bonchev–Trinajstić information content (AvgIpc) is 2.68. The van der Waals surface area contributed by atoms with Crippen LogP contribution in [0.25, 0.3) is 0 Å². The minimum Gasteiger partial charge on any atom is -0.508 e. The van der Waals surface area contributed by atoms with E-state index in [0.717, 1.165) is 37.6 Å². The Morgan fingerprint density at radius 2 is 2.11 bits per heavy atom. The SMILES string of the molecule is CCNC(=NCCc1cccc(O)c1)N1CCOC(c2ccccc2C)C1. The Labute approximate surface area is 161 Å². The van der Waals surface area contributed by atoms with E-state index in [1.165, 1.54) is 11.1 Å². The van der Waals surface area contributed by atoms with Crippen molar-refractivity contribution in [3.05, 3.63) is 65.2 Å². The zero-order valence-electron chi connectivity index (χ0n) is 16.2. The molecule has 3 rings (SSSR count). The normalized spacial score (nSPS) is 17.8. The van der Waals surface area contributed by atoms with Gasteiger partial charge in [0.15, 0.2) is 5.96 Å². The molecule has 1 aliphatic heterocycles. The molecule has 2 N–H and O–H groups in total. The summed E-state index contributed by atoms with van der Waals surface area (Å²) in [5.41, 5.74) is 3.60. The molecular formula is C22H29N3O2. The summed E-state index contributed by atoms with van der Waals surface area (Å²) in [6.45, 7) is 8.05. The van der Waals surface area contributed by atoms with Gasteiger partial charge in [-0.05, 0) is 49.1 Å². The van der Waals surface area contributed by atoms with Crippen LogP contribution < -0.4 is 5.32 Å². The van der Waals surface area contributed by atoms with Gasteiger partial charge in [-0.3, -0.25) is 4.99 Å². The first-order valence-corrected chi connectivity index (χ1v) is 9.65. The number of ether oxygens (including phenoxy) is 1. The number of guanidine groups is 1. The van der Waals surface area contributed by atoms with Crippen molar-refractivity contribution in [1.82, 2.24) is 10.2 Å². The van der Waals surface area contributed by atoms with E-state index in [9.17, 15) is 5.11 Å². The minimum atomic E-state index is 0.0647. The number of benzene rings is 2. The van der Waals surface area contributed by atoms with Crippen molar-refractivity contribution >= 4 is 5.96 Å². The van der Waals surface area contributed by atoms with Crippen LogP contribution >= 0.6 is 0 Å². The van der Waals surface area contributed by atoms with Crippen molar-refractivity contribution in [1.29, 1.82) is 0 Å². The number of phenols is 1. The second kappa shape index (κ2) is 9.42. The van der Waals surface area contributed by atoms with Crippen LogP contribution in [-0.4, -0.2) is 48.8 Å². The number of hydrogen-bond acceptors (Lipinski definition) is 3. The summed E-state index contributed by atoms with van der Waals surface area (Å²) in [5.74, 6) is 1.23. The molecule has 2 aromatic rings. The van der Waals surface area contributed by atoms with E-state index in [2.05, 4.69) is 48.3 Å². The highest BCUT2D eigenvalue weighted by atomic mass is 16.5. The third kappa shape index (κ3) is 5.23. The number of aromatic hydroxyl groups is 1. The summed E-state index contributed by atoms with van der Waals surface area (Å²) in [6, 6.07) is 15.8. The summed E-state index contributed by atoms with van der Waals surface area (Å²) >= 11 is 0. The smallest absolute Gasteiger partial charge is 0.194 e. The predicted molar refractivity (Wildman–Crippen MR) is 109 cm³/mol. The number of rotatable bonds is 5. The summed E-state index contributed by atoms with van der Waals surface area (Å²) in [7, 11) is 0. The number of nitrogens with one attached hydrogen (secondary N) is 1. The van der Waals surface area contributed by atoms with Gasteiger partial charge in [-0.15, -0.1) is 0 Å². The topological polar surface area (TPSA) is 57.1 Å². The molecule has 1 heterocycles. The molecule has 0 aromatic heterocycles. The molecule has 1 atom stereocenters. The van der Waals surface area contributed by atoms with E-state index in [1.54, 1.807) is 12.1 Å². The van der Waals surface area contributed by atoms with Crippen LogP contribution in [0.1, 0.15) is 29.7 Å². The molecule has 5 nitrogen and oxygen atoms in total. The van der Waals surface area contributed by atoms with Gasteiger partial charge in [0.2, 0.25) is 0 Å². The second-order valence-electron chi connectivity index (χ2n) is 6.82. The first-order valence-electron chi connectivity index (χ1n) is 9.65. The lowest BCUT2D eigenvalue weighted by atomic mass is 10.0. The number of aryl methyl sites for hydroxylation is 1. The Morgan fingerprint density at radius 1 is 1.26 bits per heavy atom. The Kier molecular flexibility index (Phi) is 6.71. The van der Waals surface area contributed by atoms with Crippen LogP contribution in [0.5, 0.6) is 5.75 Å². The van der Waals surface area contributed by atoms with Gasteiger partial charge in [0.05, 0.1) is 13.2 Å². The van der Waals surface area contributed by atoms with E-state index in [4.69, 9.17) is 9.73 Å². The van der Waals surface area contributed by atoms with Crippen LogP contribution in [0.15, 0.2) is 53.5 Å². The lowest BCUT2D eigenvalue weighted by Crippen LogP contribution is -2.48. The molecule has 2 aromatic carbocycles. The Hall–Kier alpha value is -2.53. The fourth-order valence-corrected chi connectivity index (χ4v) is 3.41. The zero-order chi connectivity index (χ0) is 19.1. The first-order chi connectivity index (χ1) is 13.2. The molecule has 5 heteroatoms. The van der Waals surface area contributed by atoms with Gasteiger partial charge in [-0.1, -0.05) is 36.4 Å². The maximum atomic E-state index is 9.60. The van der Waals surface area contributed by atoms with E-state index in [0.29, 0.717) is 18.9 Å². The first kappa shape index (κ1) is 19.2. The Bertz CT molecular complexity index is 776. The summed E-state index contributed by atoms with van der Waals surface area (Å²) in [5, 5.41) is 13.0. The molecule has 1 unspecified atom stereocenters. The number of nitrogens with zero attached hydrogens (tertiary/aromatic N) is 2. The van der Waals surface area contributed by atoms with E-state index < -0.39 is 0 Å². The summed E-state index contributed by atoms with van der Waals surface area (Å²) in [6.07, 6.45) is 0.865. The number of morpholine rings is 1. The van der Waals surface area contributed by atoms with Gasteiger partial charge in [-0.25, -0.2) is 0 Å². The molecule has 0 aliphatic carbocycles. The fraction of sp³-hybridized carbons (Fsp3) is 0.409. The fourth-order valence-electron chi connectivity index (χ4n) is 3.41. The molecule has 0 radical (unpaired) electrons. The van der Waals surface area contributed by atoms with E-state index in [1.807, 2.05) is 12.1 Å². The van der Waals surface area contributed by atoms with Gasteiger partial charge in [0.1, 0.15) is 11.9 Å². The monoisotopic (exact) mass is 367 g/mol. The highest BCUT2D eigenvalue weighted by Crippen LogP contribution is 2.25. The van der Waals surface area contributed by atoms with E-state index in [-0.39, 0.29) is 6.10 Å². The van der Waals surface area contributed by atoms with Crippen LogP contribution in [-0.2, 0) is 11.2 Å². The third-order valence-electron chi connectivity index (χ3n) is 4.81. The van der Waals surface area contributed by atoms with Crippen LogP contribution in [0.4, 0.5) is 0 Å². The number of aliphatic imine (C=N–C) groups is 1. The maximum Gasteiger partial charge on any atom is 0.194 e. The predicted octanol–water partition coefficient (Wildman–Crippen LogP) is 3.28. The molecule has 144 valence electrons. The van der Waals surface area contributed by atoms with Crippen LogP contribution in [0, 0.1) is 6.92 Å². The average molecular weight is 367 g/mol. The van der Waals surface area contributed by atoms with Gasteiger partial charge >= 0.3 is 0 Å². The molecule has 0 bridgehead atoms. The third-order valence-corrected chi connectivity index (χ3v) is 4.81. The van der Waals surface area contributed by atoms with E-state index >= 15 is 0 Å². The molecule has 1 aliphatic rings. The summed E-state index contributed by atoms with van der Waals surface area (Å²) < 4.78 is 6.04. The number of hydrogen-bond donors (Lipinski definition) is 2. The van der Waals surface area contributed by atoms with Crippen molar-refractivity contribution in [2.45, 2.75) is 26.4 Å². The van der Waals surface area contributed by atoms with Crippen molar-refractivity contribution < 1.29 is 9.84 Å². The second-order valence-corrected chi connectivity index (χ2v) is 6.82. The van der Waals surface area contributed by atoms with Gasteiger partial charge in [-0.2, -0.15) is 0 Å². The lowest BCUT2D eigenvalue weighted by Gasteiger charge is -2.35. The molecule has 1 saturated heterocycles. The lowest BCUT2D eigenvalue weighted by molar-refractivity contribution is -0.00832. The number of phenolic OH excluding ortho intramolecular Hbond substituents is 1. The maximum absolute atomic E-state index is 9.60. The van der Waals surface area contributed by atoms with Gasteiger partial charge in [0.25, 0.3) is 0 Å². The largest absolute Gasteiger partial charge is 0.508 e. The van der Waals surface area contributed by atoms with Crippen molar-refractivity contribution in [2.75, 3.05) is 32.8 Å². The highest BCUT2D eigenvalue weighted by Gasteiger charge is 2.25. The molecule has 0 saturated carbocycles. The Balaban J connectivity index is 1.67.